The van der Waals surface area contributed by atoms with Crippen LogP contribution >= 0.6 is 0 Å². The van der Waals surface area contributed by atoms with Gasteiger partial charge in [0.25, 0.3) is 0 Å². The van der Waals surface area contributed by atoms with Gasteiger partial charge in [0.05, 0.1) is 0 Å². The van der Waals surface area contributed by atoms with Crippen LogP contribution in [0.25, 0.3) is 0 Å². The maximum atomic E-state index is 8.65. The van der Waals surface area contributed by atoms with Gasteiger partial charge in [-0.1, -0.05) is 103 Å². The van der Waals surface area contributed by atoms with Gasteiger partial charge in [0.15, 0.2) is 0 Å². The maximum absolute atomic E-state index is 8.65. The fourth-order valence-electron chi connectivity index (χ4n) is 2.72. The van der Waals surface area contributed by atoms with Crippen molar-refractivity contribution in [1.29, 1.82) is 0 Å². The van der Waals surface area contributed by atoms with E-state index in [1.54, 1.807) is 0 Å². The molecule has 2 heteroatoms. The molecule has 0 saturated carbocycles. The Hall–Kier alpha value is -0.0800. The molecule has 0 unspecified atom stereocenters. The largest absolute Gasteiger partial charge is 0.396 e. The number of rotatable bonds is 17. The van der Waals surface area contributed by atoms with Crippen LogP contribution in [0.5, 0.6) is 0 Å². The highest BCUT2D eigenvalue weighted by Gasteiger charge is 1.94. The van der Waals surface area contributed by atoms with Crippen molar-refractivity contribution in [3.8, 4) is 0 Å². The van der Waals surface area contributed by atoms with Crippen LogP contribution in [-0.4, -0.2) is 11.7 Å². The third-order valence-electron chi connectivity index (χ3n) is 4.10. The Morgan fingerprint density at radius 3 is 1.33 bits per heavy atom. The fourth-order valence-corrected chi connectivity index (χ4v) is 2.72. The first-order valence-electron chi connectivity index (χ1n) is 9.34. The van der Waals surface area contributed by atoms with Gasteiger partial charge in [-0.3, -0.25) is 0 Å². The molecule has 21 heavy (non-hydrogen) atoms. The van der Waals surface area contributed by atoms with Crippen LogP contribution in [0.3, 0.4) is 0 Å². The van der Waals surface area contributed by atoms with Gasteiger partial charge in [-0.15, -0.1) is 0 Å². The molecule has 0 aromatic rings. The summed E-state index contributed by atoms with van der Waals surface area (Å²) >= 11 is 0. The van der Waals surface area contributed by atoms with Crippen LogP contribution in [0, 0.1) is 6.42 Å². The van der Waals surface area contributed by atoms with Crippen LogP contribution in [0.15, 0.2) is 0 Å². The predicted octanol–water partition coefficient (Wildman–Crippen LogP) is 6.61. The van der Waals surface area contributed by atoms with Gasteiger partial charge >= 0.3 is 0 Å². The van der Waals surface area contributed by atoms with Gasteiger partial charge in [0.2, 0.25) is 0 Å². The van der Waals surface area contributed by atoms with E-state index in [2.05, 4.69) is 13.3 Å². The lowest BCUT2D eigenvalue weighted by molar-refractivity contribution is 0.296. The van der Waals surface area contributed by atoms with E-state index in [1.165, 1.54) is 96.3 Å². The third-order valence-corrected chi connectivity index (χ3v) is 4.10. The Kier molecular flexibility index (Phi) is 24.5. The fraction of sp³-hybridized carbons (Fsp3) is 0.947. The first-order chi connectivity index (χ1) is 9.91. The molecular weight excluding hydrogens is 258 g/mol. The van der Waals surface area contributed by atoms with E-state index in [9.17, 15) is 0 Å². The lowest BCUT2D eigenvalue weighted by atomic mass is 10.0. The summed E-state index contributed by atoms with van der Waals surface area (Å²) in [5.41, 5.74) is 0. The van der Waals surface area contributed by atoms with Crippen LogP contribution in [0.4, 0.5) is 0 Å². The van der Waals surface area contributed by atoms with Crippen molar-refractivity contribution in [2.45, 2.75) is 110 Å². The molecule has 1 radical (unpaired) electrons. The van der Waals surface area contributed by atoms with Crippen molar-refractivity contribution in [2.24, 2.45) is 0 Å². The van der Waals surface area contributed by atoms with Crippen LogP contribution in [0.1, 0.15) is 110 Å². The summed E-state index contributed by atoms with van der Waals surface area (Å²) in [7, 11) is 0. The number of hydrogen-bond acceptors (Lipinski definition) is 2. The van der Waals surface area contributed by atoms with E-state index < -0.39 is 0 Å². The average Bonchev–Trinajstić information content (AvgIpc) is 2.47. The number of hydrogen-bond donors (Lipinski definition) is 2. The summed E-state index contributed by atoms with van der Waals surface area (Å²) in [6.45, 7) is 2.60. The van der Waals surface area contributed by atoms with Crippen molar-refractivity contribution in [3.63, 3.8) is 0 Å². The molecule has 0 saturated heterocycles. The van der Waals surface area contributed by atoms with E-state index in [1.807, 2.05) is 0 Å². The van der Waals surface area contributed by atoms with E-state index in [0.29, 0.717) is 6.61 Å². The zero-order chi connectivity index (χ0) is 14.7. The Balaban J connectivity index is 0. The summed E-state index contributed by atoms with van der Waals surface area (Å²) in [5, 5.41) is 8.65. The van der Waals surface area contributed by atoms with Crippen molar-refractivity contribution in [3.05, 3.63) is 6.42 Å². The highest BCUT2D eigenvalue weighted by Crippen LogP contribution is 2.13. The van der Waals surface area contributed by atoms with Crippen LogP contribution < -0.4 is 6.15 Å². The second-order valence-electron chi connectivity index (χ2n) is 6.19. The summed E-state index contributed by atoms with van der Waals surface area (Å²) in [6.07, 6.45) is 24.2. The first kappa shape index (κ1) is 23.2. The van der Waals surface area contributed by atoms with Crippen molar-refractivity contribution in [2.75, 3.05) is 6.61 Å². The Labute approximate surface area is 134 Å². The molecular formula is C19H42NO. The molecule has 0 amide bonds. The van der Waals surface area contributed by atoms with E-state index in [4.69, 9.17) is 5.11 Å². The third kappa shape index (κ3) is 22.3. The summed E-state index contributed by atoms with van der Waals surface area (Å²) in [4.78, 5) is 0. The van der Waals surface area contributed by atoms with Gasteiger partial charge < -0.3 is 11.3 Å². The molecule has 2 nitrogen and oxygen atoms in total. The van der Waals surface area contributed by atoms with Gasteiger partial charge in [0.1, 0.15) is 0 Å². The second-order valence-corrected chi connectivity index (χ2v) is 6.19. The zero-order valence-electron chi connectivity index (χ0n) is 14.8. The van der Waals surface area contributed by atoms with E-state index in [0.717, 1.165) is 6.42 Å². The molecule has 0 aliphatic heterocycles. The van der Waals surface area contributed by atoms with Crippen molar-refractivity contribution >= 4 is 0 Å². The molecule has 0 spiro atoms. The minimum absolute atomic E-state index is 0. The molecule has 0 bridgehead atoms. The monoisotopic (exact) mass is 300 g/mol. The normalized spacial score (nSPS) is 10.6. The highest BCUT2D eigenvalue weighted by atomic mass is 16.2. The first-order valence-corrected chi connectivity index (χ1v) is 9.34. The topological polar surface area (TPSA) is 55.2 Å². The molecule has 0 aliphatic carbocycles. The molecule has 4 N–H and O–H groups in total. The lowest BCUT2D eigenvalue weighted by Gasteiger charge is -2.03. The lowest BCUT2D eigenvalue weighted by Crippen LogP contribution is -1.85. The van der Waals surface area contributed by atoms with E-state index >= 15 is 0 Å². The van der Waals surface area contributed by atoms with Gasteiger partial charge in [0, 0.05) is 6.61 Å². The summed E-state index contributed by atoms with van der Waals surface area (Å²) < 4.78 is 0. The predicted molar refractivity (Wildman–Crippen MR) is 96.0 cm³/mol. The van der Waals surface area contributed by atoms with E-state index in [-0.39, 0.29) is 6.15 Å². The SMILES string of the molecule is CCCCCCCCCCCCCCCC[CH]CCO.N. The Bertz CT molecular complexity index is 144. The number of aliphatic hydroxyl groups excluding tert-OH is 1. The second kappa shape index (κ2) is 22.2. The van der Waals surface area contributed by atoms with Crippen LogP contribution in [-0.2, 0) is 0 Å². The summed E-state index contributed by atoms with van der Waals surface area (Å²) in [5.74, 6) is 0. The molecule has 129 valence electrons. The molecule has 0 aromatic heterocycles. The maximum Gasteiger partial charge on any atom is 0.0433 e. The molecule has 0 fully saturated rings. The minimum Gasteiger partial charge on any atom is -0.396 e. The van der Waals surface area contributed by atoms with Gasteiger partial charge in [-0.25, -0.2) is 0 Å². The quantitative estimate of drug-likeness (QED) is 0.297. The zero-order valence-corrected chi connectivity index (χ0v) is 14.8. The number of aliphatic hydroxyl groups is 1. The Morgan fingerprint density at radius 1 is 0.571 bits per heavy atom. The minimum atomic E-state index is 0. The van der Waals surface area contributed by atoms with Gasteiger partial charge in [-0.05, 0) is 12.8 Å². The summed E-state index contributed by atoms with van der Waals surface area (Å²) in [6, 6.07) is 0. The van der Waals surface area contributed by atoms with Crippen LogP contribution in [0.2, 0.25) is 0 Å². The molecule has 0 rings (SSSR count). The van der Waals surface area contributed by atoms with Crippen molar-refractivity contribution in [1.82, 2.24) is 6.15 Å². The average molecular weight is 301 g/mol. The Morgan fingerprint density at radius 2 is 0.952 bits per heavy atom. The molecule has 0 aromatic carbocycles. The smallest absolute Gasteiger partial charge is 0.0433 e. The van der Waals surface area contributed by atoms with Gasteiger partial charge in [-0.2, -0.15) is 0 Å². The standard InChI is InChI=1S/C19H39O.H3N/c1-2-3-4-5-6-7-8-9-10-11-12-13-14-15-16-17-18-19-20;/h17,20H,2-16,18-19H2,1H3;1H3. The highest BCUT2D eigenvalue weighted by molar-refractivity contribution is 4.63. The molecule has 0 heterocycles. The molecule has 0 aliphatic rings. The molecule has 0 atom stereocenters. The van der Waals surface area contributed by atoms with Crippen molar-refractivity contribution < 1.29 is 5.11 Å². The number of unbranched alkanes of at least 4 members (excludes halogenated alkanes) is 16.